The Bertz CT molecular complexity index is 263. The van der Waals surface area contributed by atoms with Gasteiger partial charge in [0, 0.05) is 23.7 Å². The van der Waals surface area contributed by atoms with Gasteiger partial charge in [-0.3, -0.25) is 4.99 Å². The molecule has 2 nitrogen and oxygen atoms in total. The molecule has 1 aliphatic carbocycles. The van der Waals surface area contributed by atoms with Crippen LogP contribution in [0.15, 0.2) is 16.8 Å². The van der Waals surface area contributed by atoms with E-state index in [9.17, 15) is 5.11 Å². The van der Waals surface area contributed by atoms with Gasteiger partial charge in [0.1, 0.15) is 0 Å². The quantitative estimate of drug-likeness (QED) is 0.584. The standard InChI is InChI=1S/C10H15NO/c1-7-5-8-3-4-10(2,12)6-9(8)11-7/h5,8,12H,3-4,6H2,1-2H3/t8-,10-/m1/s1. The average Bonchev–Trinajstić information content (AvgIpc) is 2.26. The average molecular weight is 165 g/mol. The first-order chi connectivity index (χ1) is 5.57. The maximum atomic E-state index is 9.80. The molecule has 0 aromatic carbocycles. The Labute approximate surface area is 73.0 Å². The first-order valence-corrected chi connectivity index (χ1v) is 4.55. The lowest BCUT2D eigenvalue weighted by atomic mass is 9.79. The van der Waals surface area contributed by atoms with Crippen LogP contribution >= 0.6 is 0 Å². The van der Waals surface area contributed by atoms with Crippen LogP contribution in [0.2, 0.25) is 0 Å². The summed E-state index contributed by atoms with van der Waals surface area (Å²) in [4.78, 5) is 4.42. The summed E-state index contributed by atoms with van der Waals surface area (Å²) in [6, 6.07) is 0. The number of fused-ring (bicyclic) bond motifs is 1. The second-order valence-electron chi connectivity index (χ2n) is 4.23. The Morgan fingerprint density at radius 2 is 2.42 bits per heavy atom. The Balaban J connectivity index is 2.19. The highest BCUT2D eigenvalue weighted by Gasteiger charge is 2.34. The Morgan fingerprint density at radius 3 is 3.17 bits per heavy atom. The lowest BCUT2D eigenvalue weighted by molar-refractivity contribution is 0.0466. The molecule has 1 aliphatic heterocycles. The fraction of sp³-hybridized carbons (Fsp3) is 0.700. The van der Waals surface area contributed by atoms with Crippen LogP contribution in [0.5, 0.6) is 0 Å². The summed E-state index contributed by atoms with van der Waals surface area (Å²) in [5.74, 6) is 0.533. The largest absolute Gasteiger partial charge is 0.390 e. The summed E-state index contributed by atoms with van der Waals surface area (Å²) < 4.78 is 0. The van der Waals surface area contributed by atoms with Crippen molar-refractivity contribution in [1.29, 1.82) is 0 Å². The molecule has 2 rings (SSSR count). The topological polar surface area (TPSA) is 32.6 Å². The van der Waals surface area contributed by atoms with Crippen LogP contribution in [0, 0.1) is 5.92 Å². The molecule has 1 heterocycles. The smallest absolute Gasteiger partial charge is 0.0672 e. The molecule has 0 aromatic rings. The Kier molecular flexibility index (Phi) is 1.62. The Morgan fingerprint density at radius 1 is 1.67 bits per heavy atom. The summed E-state index contributed by atoms with van der Waals surface area (Å²) in [6.07, 6.45) is 4.93. The van der Waals surface area contributed by atoms with Gasteiger partial charge in [-0.05, 0) is 26.7 Å². The lowest BCUT2D eigenvalue weighted by Crippen LogP contribution is -2.35. The summed E-state index contributed by atoms with van der Waals surface area (Å²) in [6.45, 7) is 3.93. The number of allylic oxidation sites excluding steroid dienone is 2. The fourth-order valence-corrected chi connectivity index (χ4v) is 2.10. The van der Waals surface area contributed by atoms with E-state index in [-0.39, 0.29) is 0 Å². The van der Waals surface area contributed by atoms with Crippen molar-refractivity contribution < 1.29 is 5.11 Å². The molecule has 2 aliphatic rings. The van der Waals surface area contributed by atoms with Gasteiger partial charge in [0.25, 0.3) is 0 Å². The molecule has 66 valence electrons. The van der Waals surface area contributed by atoms with E-state index in [1.54, 1.807) is 0 Å². The molecule has 2 heteroatoms. The predicted molar refractivity (Wildman–Crippen MR) is 49.2 cm³/mol. The van der Waals surface area contributed by atoms with Crippen molar-refractivity contribution >= 4 is 5.71 Å². The van der Waals surface area contributed by atoms with Crippen LogP contribution in [0.1, 0.15) is 33.1 Å². The van der Waals surface area contributed by atoms with Crippen LogP contribution in [0.4, 0.5) is 0 Å². The molecule has 0 radical (unpaired) electrons. The lowest BCUT2D eigenvalue weighted by Gasteiger charge is -2.31. The maximum absolute atomic E-state index is 9.80. The number of rotatable bonds is 0. The van der Waals surface area contributed by atoms with E-state index in [1.807, 2.05) is 13.8 Å². The van der Waals surface area contributed by atoms with Gasteiger partial charge < -0.3 is 5.11 Å². The fourth-order valence-electron chi connectivity index (χ4n) is 2.10. The van der Waals surface area contributed by atoms with Gasteiger partial charge in [-0.2, -0.15) is 0 Å². The minimum absolute atomic E-state index is 0.506. The molecule has 1 N–H and O–H groups in total. The van der Waals surface area contributed by atoms with Crippen molar-refractivity contribution in [2.45, 2.75) is 38.7 Å². The first kappa shape index (κ1) is 7.99. The van der Waals surface area contributed by atoms with Gasteiger partial charge in [0.15, 0.2) is 0 Å². The Hall–Kier alpha value is -0.630. The van der Waals surface area contributed by atoms with Gasteiger partial charge in [0.05, 0.1) is 5.60 Å². The SMILES string of the molecule is CC1=C[C@H]2CC[C@@](C)(O)CC2=N1. The van der Waals surface area contributed by atoms with Crippen LogP contribution in [0.25, 0.3) is 0 Å². The second-order valence-corrected chi connectivity index (χ2v) is 4.23. The second kappa shape index (κ2) is 2.43. The zero-order valence-corrected chi connectivity index (χ0v) is 7.67. The summed E-state index contributed by atoms with van der Waals surface area (Å²) in [5, 5.41) is 9.80. The highest BCUT2D eigenvalue weighted by Crippen LogP contribution is 2.34. The number of nitrogens with zero attached hydrogens (tertiary/aromatic N) is 1. The van der Waals surface area contributed by atoms with Crippen molar-refractivity contribution in [3.05, 3.63) is 11.8 Å². The summed E-state index contributed by atoms with van der Waals surface area (Å²) >= 11 is 0. The first-order valence-electron chi connectivity index (χ1n) is 4.55. The zero-order chi connectivity index (χ0) is 8.77. The third kappa shape index (κ3) is 1.31. The maximum Gasteiger partial charge on any atom is 0.0672 e. The van der Waals surface area contributed by atoms with E-state index in [2.05, 4.69) is 11.1 Å². The molecule has 0 bridgehead atoms. The molecule has 0 spiro atoms. The molecule has 1 saturated carbocycles. The van der Waals surface area contributed by atoms with Crippen molar-refractivity contribution in [2.75, 3.05) is 0 Å². The summed E-state index contributed by atoms with van der Waals surface area (Å²) in [7, 11) is 0. The molecule has 0 amide bonds. The van der Waals surface area contributed by atoms with Gasteiger partial charge in [-0.25, -0.2) is 0 Å². The molecular weight excluding hydrogens is 150 g/mol. The van der Waals surface area contributed by atoms with Gasteiger partial charge in [-0.1, -0.05) is 6.08 Å². The third-order valence-corrected chi connectivity index (χ3v) is 2.75. The highest BCUT2D eigenvalue weighted by molar-refractivity contribution is 5.92. The molecule has 0 saturated heterocycles. The van der Waals surface area contributed by atoms with Crippen molar-refractivity contribution in [3.8, 4) is 0 Å². The van der Waals surface area contributed by atoms with E-state index in [0.29, 0.717) is 5.92 Å². The minimum Gasteiger partial charge on any atom is -0.390 e. The monoisotopic (exact) mass is 165 g/mol. The zero-order valence-electron chi connectivity index (χ0n) is 7.67. The van der Waals surface area contributed by atoms with Crippen LogP contribution in [-0.2, 0) is 0 Å². The van der Waals surface area contributed by atoms with Crippen molar-refractivity contribution in [2.24, 2.45) is 10.9 Å². The van der Waals surface area contributed by atoms with Crippen LogP contribution < -0.4 is 0 Å². The van der Waals surface area contributed by atoms with Crippen molar-refractivity contribution in [3.63, 3.8) is 0 Å². The normalized spacial score (nSPS) is 40.4. The van der Waals surface area contributed by atoms with E-state index < -0.39 is 5.60 Å². The minimum atomic E-state index is -0.506. The number of aliphatic hydroxyl groups is 1. The van der Waals surface area contributed by atoms with Gasteiger partial charge in [0.2, 0.25) is 0 Å². The van der Waals surface area contributed by atoms with E-state index in [4.69, 9.17) is 0 Å². The summed E-state index contributed by atoms with van der Waals surface area (Å²) in [5.41, 5.74) is 1.80. The molecule has 1 fully saturated rings. The predicted octanol–water partition coefficient (Wildman–Crippen LogP) is 1.90. The highest BCUT2D eigenvalue weighted by atomic mass is 16.3. The van der Waals surface area contributed by atoms with Crippen LogP contribution in [0.3, 0.4) is 0 Å². The molecular formula is C10H15NO. The van der Waals surface area contributed by atoms with Crippen molar-refractivity contribution in [1.82, 2.24) is 0 Å². The molecule has 12 heavy (non-hydrogen) atoms. The van der Waals surface area contributed by atoms with Crippen LogP contribution in [-0.4, -0.2) is 16.4 Å². The number of hydrogen-bond acceptors (Lipinski definition) is 2. The van der Waals surface area contributed by atoms with E-state index in [0.717, 1.165) is 25.0 Å². The van der Waals surface area contributed by atoms with E-state index >= 15 is 0 Å². The number of aliphatic imine (C=N–C) groups is 1. The number of hydrogen-bond donors (Lipinski definition) is 1. The van der Waals surface area contributed by atoms with Gasteiger partial charge >= 0.3 is 0 Å². The molecule has 0 unspecified atom stereocenters. The van der Waals surface area contributed by atoms with E-state index in [1.165, 1.54) is 5.71 Å². The molecule has 2 atom stereocenters. The molecule has 0 aromatic heterocycles. The van der Waals surface area contributed by atoms with Gasteiger partial charge in [-0.15, -0.1) is 0 Å². The third-order valence-electron chi connectivity index (χ3n) is 2.75.